The van der Waals surface area contributed by atoms with Crippen LogP contribution in [-0.4, -0.2) is 39.6 Å². The van der Waals surface area contributed by atoms with Gasteiger partial charge in [-0.25, -0.2) is 0 Å². The molecule has 1 heterocycles. The molecule has 0 spiro atoms. The number of rotatable bonds is 0. The summed E-state index contributed by atoms with van der Waals surface area (Å²) in [5, 5.41) is 0. The second kappa shape index (κ2) is 9.69. The van der Waals surface area contributed by atoms with E-state index >= 15 is 0 Å². The molecule has 4 bridgehead atoms. The first kappa shape index (κ1) is 18.9. The lowest BCUT2D eigenvalue weighted by Crippen LogP contribution is -2.12. The molecule has 0 radical (unpaired) electrons. The predicted molar refractivity (Wildman–Crippen MR) is 104 cm³/mol. The van der Waals surface area contributed by atoms with Crippen LogP contribution in [0.15, 0.2) is 72.8 Å². The van der Waals surface area contributed by atoms with E-state index in [2.05, 4.69) is 13.2 Å². The molecule has 1 aliphatic rings. The van der Waals surface area contributed by atoms with Gasteiger partial charge in [0.05, 0.1) is 13.2 Å². The van der Waals surface area contributed by atoms with Crippen molar-refractivity contribution in [2.24, 2.45) is 0 Å². The third-order valence-corrected chi connectivity index (χ3v) is 3.93. The highest BCUT2D eigenvalue weighted by atomic mass is 16.5. The smallest absolute Gasteiger partial charge is 0.123 e. The first-order valence-electron chi connectivity index (χ1n) is 8.86. The Morgan fingerprint density at radius 3 is 1.41 bits per heavy atom. The maximum absolute atomic E-state index is 5.79. The van der Waals surface area contributed by atoms with Gasteiger partial charge in [0.25, 0.3) is 0 Å². The highest BCUT2D eigenvalue weighted by Crippen LogP contribution is 2.22. The van der Waals surface area contributed by atoms with Crippen molar-refractivity contribution < 1.29 is 23.7 Å². The number of benzene rings is 2. The summed E-state index contributed by atoms with van der Waals surface area (Å²) in [5.41, 5.74) is 1.56. The first-order chi connectivity index (χ1) is 13.2. The summed E-state index contributed by atoms with van der Waals surface area (Å²) in [4.78, 5) is 0. The number of hydrogen-bond acceptors (Lipinski definition) is 5. The zero-order valence-corrected chi connectivity index (χ0v) is 15.3. The summed E-state index contributed by atoms with van der Waals surface area (Å²) < 4.78 is 28.5. The molecule has 5 heteroatoms. The third-order valence-electron chi connectivity index (χ3n) is 3.93. The lowest BCUT2D eigenvalue weighted by atomic mass is 10.1. The summed E-state index contributed by atoms with van der Waals surface area (Å²) in [5.74, 6) is 2.88. The average Bonchev–Trinajstić information content (AvgIpc) is 2.69. The molecule has 0 N–H and O–H groups in total. The SMILES string of the molecule is C=C1COc2cccc(c2)OCCOCCOc2cccc(c2)OCC1=C. The predicted octanol–water partition coefficient (Wildman–Crippen LogP) is 4.04. The minimum atomic E-state index is 0.331. The molecule has 0 aliphatic carbocycles. The lowest BCUT2D eigenvalue weighted by Gasteiger charge is -2.13. The van der Waals surface area contributed by atoms with E-state index in [1.807, 2.05) is 48.5 Å². The van der Waals surface area contributed by atoms with Crippen molar-refractivity contribution >= 4 is 0 Å². The molecule has 2 aromatic rings. The van der Waals surface area contributed by atoms with Crippen LogP contribution in [0.1, 0.15) is 0 Å². The molecule has 0 amide bonds. The van der Waals surface area contributed by atoms with Gasteiger partial charge in [-0.2, -0.15) is 0 Å². The van der Waals surface area contributed by atoms with Crippen LogP contribution in [-0.2, 0) is 4.74 Å². The summed E-state index contributed by atoms with van der Waals surface area (Å²) in [7, 11) is 0. The molecule has 0 unspecified atom stereocenters. The van der Waals surface area contributed by atoms with E-state index in [1.54, 1.807) is 0 Å². The fourth-order valence-corrected chi connectivity index (χ4v) is 2.39. The van der Waals surface area contributed by atoms with Gasteiger partial charge in [0.1, 0.15) is 49.4 Å². The second-order valence-corrected chi connectivity index (χ2v) is 6.04. The van der Waals surface area contributed by atoms with Gasteiger partial charge in [0.15, 0.2) is 0 Å². The van der Waals surface area contributed by atoms with Crippen LogP contribution < -0.4 is 18.9 Å². The monoisotopic (exact) mass is 368 g/mol. The van der Waals surface area contributed by atoms with Gasteiger partial charge in [0, 0.05) is 12.1 Å². The van der Waals surface area contributed by atoms with E-state index in [4.69, 9.17) is 23.7 Å². The lowest BCUT2D eigenvalue weighted by molar-refractivity contribution is 0.0763. The van der Waals surface area contributed by atoms with E-state index in [0.717, 1.165) is 22.6 Å². The Morgan fingerprint density at radius 1 is 0.556 bits per heavy atom. The zero-order chi connectivity index (χ0) is 18.9. The van der Waals surface area contributed by atoms with Crippen LogP contribution in [0, 0.1) is 0 Å². The molecule has 5 nitrogen and oxygen atoms in total. The second-order valence-electron chi connectivity index (χ2n) is 6.04. The summed E-state index contributed by atoms with van der Waals surface area (Å²) in [6.45, 7) is 10.6. The highest BCUT2D eigenvalue weighted by molar-refractivity contribution is 5.36. The number of hydrogen-bond donors (Lipinski definition) is 0. The first-order valence-corrected chi connectivity index (χ1v) is 8.86. The largest absolute Gasteiger partial charge is 0.491 e. The Bertz CT molecular complexity index is 718. The topological polar surface area (TPSA) is 46.2 Å². The maximum atomic E-state index is 5.79. The van der Waals surface area contributed by atoms with Crippen molar-refractivity contribution in [3.8, 4) is 23.0 Å². The summed E-state index contributed by atoms with van der Waals surface area (Å²) in [6.07, 6.45) is 0. The van der Waals surface area contributed by atoms with E-state index < -0.39 is 0 Å². The van der Waals surface area contributed by atoms with Gasteiger partial charge in [-0.3, -0.25) is 0 Å². The molecular weight excluding hydrogens is 344 g/mol. The van der Waals surface area contributed by atoms with Crippen LogP contribution in [0.25, 0.3) is 0 Å². The Morgan fingerprint density at radius 2 is 0.963 bits per heavy atom. The van der Waals surface area contributed by atoms with Crippen LogP contribution in [0.3, 0.4) is 0 Å². The third kappa shape index (κ3) is 6.08. The molecule has 0 aromatic heterocycles. The van der Waals surface area contributed by atoms with Crippen molar-refractivity contribution in [1.29, 1.82) is 0 Å². The van der Waals surface area contributed by atoms with Crippen LogP contribution >= 0.6 is 0 Å². The quantitative estimate of drug-likeness (QED) is 0.702. The molecule has 142 valence electrons. The Kier molecular flexibility index (Phi) is 6.77. The summed E-state index contributed by atoms with van der Waals surface area (Å²) >= 11 is 0. The Balaban J connectivity index is 1.67. The normalized spacial score (nSPS) is 16.4. The molecule has 0 saturated carbocycles. The van der Waals surface area contributed by atoms with Gasteiger partial charge in [-0.15, -0.1) is 0 Å². The van der Waals surface area contributed by atoms with Gasteiger partial charge >= 0.3 is 0 Å². The minimum absolute atomic E-state index is 0.331. The molecule has 0 fully saturated rings. The van der Waals surface area contributed by atoms with Crippen LogP contribution in [0.5, 0.6) is 23.0 Å². The van der Waals surface area contributed by atoms with Gasteiger partial charge in [0.2, 0.25) is 0 Å². The van der Waals surface area contributed by atoms with E-state index in [-0.39, 0.29) is 0 Å². The molecule has 27 heavy (non-hydrogen) atoms. The summed E-state index contributed by atoms with van der Waals surface area (Å²) in [6, 6.07) is 15.0. The van der Waals surface area contributed by atoms with E-state index in [9.17, 15) is 0 Å². The minimum Gasteiger partial charge on any atom is -0.491 e. The van der Waals surface area contributed by atoms with Crippen molar-refractivity contribution in [2.45, 2.75) is 0 Å². The van der Waals surface area contributed by atoms with Gasteiger partial charge in [-0.05, 0) is 35.4 Å². The van der Waals surface area contributed by atoms with Crippen LogP contribution in [0.2, 0.25) is 0 Å². The molecule has 0 saturated heterocycles. The van der Waals surface area contributed by atoms with Crippen molar-refractivity contribution in [1.82, 2.24) is 0 Å². The van der Waals surface area contributed by atoms with Crippen molar-refractivity contribution in [3.63, 3.8) is 0 Å². The van der Waals surface area contributed by atoms with Gasteiger partial charge in [-0.1, -0.05) is 25.3 Å². The molecular formula is C22H24O5. The molecule has 3 rings (SSSR count). The van der Waals surface area contributed by atoms with Gasteiger partial charge < -0.3 is 23.7 Å². The Labute approximate surface area is 159 Å². The highest BCUT2D eigenvalue weighted by Gasteiger charge is 2.06. The fraction of sp³-hybridized carbons (Fsp3) is 0.273. The number of fused-ring (bicyclic) bond motifs is 4. The molecule has 0 atom stereocenters. The average molecular weight is 368 g/mol. The maximum Gasteiger partial charge on any atom is 0.123 e. The van der Waals surface area contributed by atoms with E-state index in [1.165, 1.54) is 0 Å². The Hall–Kier alpha value is -2.92. The zero-order valence-electron chi connectivity index (χ0n) is 15.3. The number of ether oxygens (including phenoxy) is 5. The molecule has 1 aliphatic heterocycles. The van der Waals surface area contributed by atoms with Crippen LogP contribution in [0.4, 0.5) is 0 Å². The van der Waals surface area contributed by atoms with E-state index in [0.29, 0.717) is 51.1 Å². The van der Waals surface area contributed by atoms with Crippen molar-refractivity contribution in [2.75, 3.05) is 39.6 Å². The molecule has 2 aromatic carbocycles. The standard InChI is InChI=1S/C22H24O5/c1-17-15-26-21-7-3-5-19(13-21)24-11-9-23-10-12-25-20-6-4-8-22(14-20)27-16-18(17)2/h3-8,13-14H,1-2,9-12,15-16H2. The van der Waals surface area contributed by atoms with Crippen molar-refractivity contribution in [3.05, 3.63) is 72.8 Å². The fourth-order valence-electron chi connectivity index (χ4n) is 2.39.